The number of anilines is 3. The van der Waals surface area contributed by atoms with E-state index in [-0.39, 0.29) is 30.1 Å². The van der Waals surface area contributed by atoms with Crippen molar-refractivity contribution in [2.24, 2.45) is 0 Å². The average molecular weight is 665 g/mol. The molecule has 1 saturated heterocycles. The third-order valence-electron chi connectivity index (χ3n) is 7.75. The summed E-state index contributed by atoms with van der Waals surface area (Å²) < 4.78 is 31.1. The van der Waals surface area contributed by atoms with Crippen LogP contribution in [0.3, 0.4) is 0 Å². The van der Waals surface area contributed by atoms with Gasteiger partial charge in [-0.2, -0.15) is 0 Å². The van der Waals surface area contributed by atoms with Gasteiger partial charge in [0.2, 0.25) is 0 Å². The van der Waals surface area contributed by atoms with E-state index in [4.69, 9.17) is 19.9 Å². The van der Waals surface area contributed by atoms with Crippen molar-refractivity contribution >= 4 is 50.7 Å². The van der Waals surface area contributed by atoms with E-state index >= 15 is 4.39 Å². The van der Waals surface area contributed by atoms with E-state index in [2.05, 4.69) is 32.7 Å². The summed E-state index contributed by atoms with van der Waals surface area (Å²) in [6.07, 6.45) is 0.346. The zero-order chi connectivity index (χ0) is 33.7. The molecule has 0 aliphatic carbocycles. The van der Waals surface area contributed by atoms with Crippen molar-refractivity contribution in [1.29, 1.82) is 0 Å². The number of piperazine rings is 1. The molecule has 13 heteroatoms. The summed E-state index contributed by atoms with van der Waals surface area (Å²) in [5, 5.41) is 6.34. The van der Waals surface area contributed by atoms with Crippen LogP contribution in [0.1, 0.15) is 41.6 Å². The van der Waals surface area contributed by atoms with Crippen LogP contribution in [0.4, 0.5) is 26.4 Å². The van der Waals surface area contributed by atoms with Crippen LogP contribution in [0.15, 0.2) is 48.5 Å². The van der Waals surface area contributed by atoms with Crippen molar-refractivity contribution in [2.45, 2.75) is 39.3 Å². The first-order valence-electron chi connectivity index (χ1n) is 15.4. The van der Waals surface area contributed by atoms with Gasteiger partial charge in [-0.1, -0.05) is 12.1 Å². The number of nitrogen functional groups attached to an aromatic ring is 1. The number of pyridine rings is 1. The fourth-order valence-electron chi connectivity index (χ4n) is 5.23. The van der Waals surface area contributed by atoms with Gasteiger partial charge >= 0.3 is 6.09 Å². The zero-order valence-corrected chi connectivity index (χ0v) is 28.1. The number of benzene rings is 2. The Labute approximate surface area is 277 Å². The number of nitrogens with two attached hydrogens (primary N) is 1. The topological polar surface area (TPSA) is 131 Å². The third kappa shape index (κ3) is 8.15. The standard InChI is InChI=1S/C34H41FN6O5S/c1-34(2,3)46-33(43)41-16-14-40(15-17-41)23-9-6-21(7-10-23)12-13-37-31(42)29-28(36)25-19-26(35)30(39-32(25)47-29)38-20-22-8-11-24(44-4)18-27(22)45-5/h6-11,18-19H,12-17,20,36H2,1-5H3,(H,37,42)(H,38,39). The lowest BCUT2D eigenvalue weighted by Crippen LogP contribution is -2.50. The summed E-state index contributed by atoms with van der Waals surface area (Å²) in [6, 6.07) is 14.9. The summed E-state index contributed by atoms with van der Waals surface area (Å²) in [4.78, 5) is 34.6. The molecule has 250 valence electrons. The monoisotopic (exact) mass is 664 g/mol. The fourth-order valence-corrected chi connectivity index (χ4v) is 6.23. The van der Waals surface area contributed by atoms with Gasteiger partial charge in [0.25, 0.3) is 5.91 Å². The number of nitrogens with zero attached hydrogens (tertiary/aromatic N) is 3. The minimum atomic E-state index is -0.574. The summed E-state index contributed by atoms with van der Waals surface area (Å²) in [7, 11) is 3.13. The van der Waals surface area contributed by atoms with Gasteiger partial charge in [0.15, 0.2) is 11.6 Å². The second-order valence-corrected chi connectivity index (χ2v) is 13.2. The molecule has 1 aliphatic rings. The number of ether oxygens (including phenoxy) is 3. The molecule has 0 bridgehead atoms. The number of carbonyl (C=O) groups is 2. The first kappa shape index (κ1) is 33.6. The number of amides is 2. The average Bonchev–Trinajstić information content (AvgIpc) is 3.37. The van der Waals surface area contributed by atoms with E-state index in [9.17, 15) is 9.59 Å². The van der Waals surface area contributed by atoms with Crippen molar-refractivity contribution in [3.63, 3.8) is 0 Å². The van der Waals surface area contributed by atoms with Crippen LogP contribution < -0.4 is 30.7 Å². The number of fused-ring (bicyclic) bond motifs is 1. The molecule has 1 aliphatic heterocycles. The number of methoxy groups -OCH3 is 2. The quantitative estimate of drug-likeness (QED) is 0.196. The summed E-state index contributed by atoms with van der Waals surface area (Å²) >= 11 is 1.12. The predicted molar refractivity (Wildman–Crippen MR) is 183 cm³/mol. The molecular weight excluding hydrogens is 623 g/mol. The highest BCUT2D eigenvalue weighted by Crippen LogP contribution is 2.35. The van der Waals surface area contributed by atoms with Gasteiger partial charge in [-0.15, -0.1) is 11.3 Å². The normalized spacial score (nSPS) is 13.4. The fraction of sp³-hybridized carbons (Fsp3) is 0.382. The van der Waals surface area contributed by atoms with Gasteiger partial charge in [0, 0.05) is 62.0 Å². The summed E-state index contributed by atoms with van der Waals surface area (Å²) in [6.45, 7) is 8.91. The minimum absolute atomic E-state index is 0.0527. The van der Waals surface area contributed by atoms with Gasteiger partial charge in [0.1, 0.15) is 26.8 Å². The van der Waals surface area contributed by atoms with Crippen LogP contribution in [0.5, 0.6) is 11.5 Å². The number of rotatable bonds is 10. The molecule has 0 atom stereocenters. The lowest BCUT2D eigenvalue weighted by atomic mass is 10.1. The molecule has 0 radical (unpaired) electrons. The molecule has 5 rings (SSSR count). The zero-order valence-electron chi connectivity index (χ0n) is 27.3. The Morgan fingerprint density at radius 1 is 1.02 bits per heavy atom. The Bertz CT molecular complexity index is 1730. The highest BCUT2D eigenvalue weighted by atomic mass is 32.1. The van der Waals surface area contributed by atoms with E-state index in [0.717, 1.165) is 41.2 Å². The van der Waals surface area contributed by atoms with E-state index in [1.165, 1.54) is 6.07 Å². The molecule has 0 unspecified atom stereocenters. The lowest BCUT2D eigenvalue weighted by Gasteiger charge is -2.36. The lowest BCUT2D eigenvalue weighted by molar-refractivity contribution is 0.0240. The highest BCUT2D eigenvalue weighted by molar-refractivity contribution is 7.21. The van der Waals surface area contributed by atoms with Crippen LogP contribution in [-0.4, -0.2) is 74.4 Å². The van der Waals surface area contributed by atoms with E-state index < -0.39 is 11.4 Å². The Morgan fingerprint density at radius 3 is 2.40 bits per heavy atom. The first-order chi connectivity index (χ1) is 22.5. The number of hydrogen-bond acceptors (Lipinski definition) is 10. The maximum Gasteiger partial charge on any atom is 0.410 e. The van der Waals surface area contributed by atoms with Crippen molar-refractivity contribution in [2.75, 3.05) is 62.9 Å². The number of nitrogens with one attached hydrogen (secondary N) is 2. The van der Waals surface area contributed by atoms with Crippen LogP contribution in [-0.2, 0) is 17.7 Å². The van der Waals surface area contributed by atoms with Crippen molar-refractivity contribution in [3.8, 4) is 11.5 Å². The molecule has 0 spiro atoms. The van der Waals surface area contributed by atoms with Crippen LogP contribution >= 0.6 is 11.3 Å². The maximum absolute atomic E-state index is 15.0. The number of thiophene rings is 1. The number of carbonyl (C=O) groups excluding carboxylic acids is 2. The van der Waals surface area contributed by atoms with Gasteiger partial charge in [-0.3, -0.25) is 4.79 Å². The van der Waals surface area contributed by atoms with E-state index in [1.54, 1.807) is 31.3 Å². The van der Waals surface area contributed by atoms with Gasteiger partial charge in [-0.25, -0.2) is 14.2 Å². The van der Waals surface area contributed by atoms with Crippen LogP contribution in [0.25, 0.3) is 10.2 Å². The summed E-state index contributed by atoms with van der Waals surface area (Å²) in [5.41, 5.74) is 8.91. The molecule has 4 aromatic rings. The smallest absolute Gasteiger partial charge is 0.410 e. The van der Waals surface area contributed by atoms with E-state index in [1.807, 2.05) is 39.0 Å². The highest BCUT2D eigenvalue weighted by Gasteiger charge is 2.26. The molecule has 4 N–H and O–H groups in total. The molecule has 47 heavy (non-hydrogen) atoms. The van der Waals surface area contributed by atoms with Crippen LogP contribution in [0.2, 0.25) is 0 Å². The molecule has 0 saturated carbocycles. The molecule has 2 aromatic heterocycles. The Hall–Kier alpha value is -4.78. The molecule has 1 fully saturated rings. The Morgan fingerprint density at radius 2 is 1.74 bits per heavy atom. The molecule has 11 nitrogen and oxygen atoms in total. The SMILES string of the molecule is COc1ccc(CNc2nc3sc(C(=O)NCCc4ccc(N5CCN(C(=O)OC(C)(C)C)CC5)cc4)c(N)c3cc2F)c(OC)c1. The van der Waals surface area contributed by atoms with Gasteiger partial charge in [0.05, 0.1) is 19.9 Å². The van der Waals surface area contributed by atoms with Gasteiger partial charge in [-0.05, 0) is 63.1 Å². The minimum Gasteiger partial charge on any atom is -0.497 e. The van der Waals surface area contributed by atoms with E-state index in [0.29, 0.717) is 52.6 Å². The maximum atomic E-state index is 15.0. The third-order valence-corrected chi connectivity index (χ3v) is 8.87. The van der Waals surface area contributed by atoms with Crippen molar-refractivity contribution in [1.82, 2.24) is 15.2 Å². The molecule has 2 aromatic carbocycles. The second kappa shape index (κ2) is 14.3. The number of aromatic nitrogens is 1. The Balaban J connectivity index is 1.14. The van der Waals surface area contributed by atoms with Gasteiger partial charge < -0.3 is 40.4 Å². The van der Waals surface area contributed by atoms with Crippen molar-refractivity contribution < 1.29 is 28.2 Å². The van der Waals surface area contributed by atoms with Crippen molar-refractivity contribution in [3.05, 3.63) is 70.4 Å². The number of hydrogen-bond donors (Lipinski definition) is 3. The second-order valence-electron chi connectivity index (χ2n) is 12.2. The molecule has 3 heterocycles. The summed E-state index contributed by atoms with van der Waals surface area (Å²) in [5.74, 6) is 0.399. The predicted octanol–water partition coefficient (Wildman–Crippen LogP) is 5.68. The first-order valence-corrected chi connectivity index (χ1v) is 16.2. The largest absolute Gasteiger partial charge is 0.497 e. The van der Waals surface area contributed by atoms with Crippen LogP contribution in [0, 0.1) is 5.82 Å². The number of halogens is 1. The Kier molecular flexibility index (Phi) is 10.2. The molecular formula is C34H41FN6O5S. The molecule has 2 amide bonds.